The fourth-order valence-electron chi connectivity index (χ4n) is 4.03. The molecule has 0 spiro atoms. The van der Waals surface area contributed by atoms with Crippen LogP contribution in [0.4, 0.5) is 5.82 Å². The van der Waals surface area contributed by atoms with Gasteiger partial charge in [-0.1, -0.05) is 6.07 Å². The maximum Gasteiger partial charge on any atom is 0.136 e. The summed E-state index contributed by atoms with van der Waals surface area (Å²) in [6, 6.07) is 10.6. The molecule has 0 radical (unpaired) electrons. The van der Waals surface area contributed by atoms with E-state index in [4.69, 9.17) is 9.97 Å². The van der Waals surface area contributed by atoms with Gasteiger partial charge in [-0.25, -0.2) is 15.0 Å². The summed E-state index contributed by atoms with van der Waals surface area (Å²) in [5.41, 5.74) is 5.37. The smallest absolute Gasteiger partial charge is 0.136 e. The second-order valence-electron chi connectivity index (χ2n) is 8.09. The third-order valence-electron chi connectivity index (χ3n) is 5.65. The van der Waals surface area contributed by atoms with E-state index in [2.05, 4.69) is 58.3 Å². The zero-order chi connectivity index (χ0) is 20.3. The number of pyridine rings is 2. The van der Waals surface area contributed by atoms with Crippen LogP contribution >= 0.6 is 0 Å². The Morgan fingerprint density at radius 1 is 0.867 bits per heavy atom. The highest BCUT2D eigenvalue weighted by molar-refractivity contribution is 5.45. The van der Waals surface area contributed by atoms with Crippen molar-refractivity contribution in [3.05, 3.63) is 83.5 Å². The first-order valence-electron chi connectivity index (χ1n) is 10.7. The number of aromatic nitrogens is 5. The van der Waals surface area contributed by atoms with Crippen molar-refractivity contribution < 1.29 is 0 Å². The molecule has 0 amide bonds. The average Bonchev–Trinajstić information content (AvgIpc) is 3.24. The van der Waals surface area contributed by atoms with Gasteiger partial charge in [0, 0.05) is 56.1 Å². The Labute approximate surface area is 176 Å². The molecule has 0 atom stereocenters. The molecular weight excluding hydrogens is 372 g/mol. The van der Waals surface area contributed by atoms with Crippen molar-refractivity contribution >= 4 is 11.5 Å². The summed E-state index contributed by atoms with van der Waals surface area (Å²) in [5, 5.41) is 0. The highest BCUT2D eigenvalue weighted by Gasteiger charge is 2.15. The molecule has 1 fully saturated rings. The third kappa shape index (κ3) is 4.17. The van der Waals surface area contributed by atoms with E-state index < -0.39 is 0 Å². The second kappa shape index (κ2) is 8.22. The van der Waals surface area contributed by atoms with Crippen LogP contribution in [0, 0.1) is 6.92 Å². The highest BCUT2D eigenvalue weighted by atomic mass is 15.2. The highest BCUT2D eigenvalue weighted by Crippen LogP contribution is 2.21. The molecule has 4 aromatic rings. The van der Waals surface area contributed by atoms with E-state index >= 15 is 0 Å². The molecule has 0 aliphatic carbocycles. The Morgan fingerprint density at radius 3 is 2.60 bits per heavy atom. The zero-order valence-electron chi connectivity index (χ0n) is 17.3. The van der Waals surface area contributed by atoms with Crippen molar-refractivity contribution in [1.29, 1.82) is 0 Å². The molecule has 1 aliphatic heterocycles. The van der Waals surface area contributed by atoms with Crippen LogP contribution < -0.4 is 4.90 Å². The largest absolute Gasteiger partial charge is 0.357 e. The van der Waals surface area contributed by atoms with E-state index in [-0.39, 0.29) is 0 Å². The van der Waals surface area contributed by atoms with Crippen LogP contribution in [0.1, 0.15) is 47.6 Å². The molecule has 6 nitrogen and oxygen atoms in total. The Kier molecular flexibility index (Phi) is 5.13. The molecule has 152 valence electrons. The summed E-state index contributed by atoms with van der Waals surface area (Å²) in [4.78, 5) is 21.2. The summed E-state index contributed by atoms with van der Waals surface area (Å²) >= 11 is 0. The second-order valence-corrected chi connectivity index (χ2v) is 8.09. The van der Waals surface area contributed by atoms with Gasteiger partial charge < -0.3 is 9.30 Å². The number of rotatable bonds is 5. The molecule has 0 bridgehead atoms. The lowest BCUT2D eigenvalue weighted by molar-refractivity contribution is 0.571. The first kappa shape index (κ1) is 18.7. The van der Waals surface area contributed by atoms with Crippen molar-refractivity contribution in [2.24, 2.45) is 0 Å². The lowest BCUT2D eigenvalue weighted by Crippen LogP contribution is -2.30. The fraction of sp³-hybridized carbons (Fsp3) is 0.333. The van der Waals surface area contributed by atoms with E-state index in [1.165, 1.54) is 24.8 Å². The predicted molar refractivity (Wildman–Crippen MR) is 118 cm³/mol. The van der Waals surface area contributed by atoms with Gasteiger partial charge in [0.25, 0.3) is 0 Å². The van der Waals surface area contributed by atoms with Gasteiger partial charge in [-0.05, 0) is 55.5 Å². The summed E-state index contributed by atoms with van der Waals surface area (Å²) in [7, 11) is 0. The molecule has 0 aromatic carbocycles. The Bertz CT molecular complexity index is 1140. The number of aryl methyl sites for hydroxylation is 1. The van der Waals surface area contributed by atoms with E-state index in [9.17, 15) is 0 Å². The monoisotopic (exact) mass is 398 g/mol. The van der Waals surface area contributed by atoms with Crippen LogP contribution in [0.3, 0.4) is 0 Å². The lowest BCUT2D eigenvalue weighted by atomic mass is 10.1. The molecule has 1 saturated heterocycles. The molecule has 0 unspecified atom stereocenters. The Morgan fingerprint density at radius 2 is 1.77 bits per heavy atom. The van der Waals surface area contributed by atoms with Gasteiger partial charge in [0.2, 0.25) is 0 Å². The molecule has 0 saturated carbocycles. The van der Waals surface area contributed by atoms with Gasteiger partial charge in [-0.15, -0.1) is 0 Å². The van der Waals surface area contributed by atoms with Gasteiger partial charge >= 0.3 is 0 Å². The molecule has 1 aliphatic rings. The minimum Gasteiger partial charge on any atom is -0.357 e. The number of fused-ring (bicyclic) bond motifs is 1. The van der Waals surface area contributed by atoms with Crippen LogP contribution in [0.15, 0.2) is 55.1 Å². The van der Waals surface area contributed by atoms with Crippen LogP contribution in [-0.4, -0.2) is 37.4 Å². The topological polar surface area (TPSA) is 59.2 Å². The van der Waals surface area contributed by atoms with Crippen LogP contribution in [0.2, 0.25) is 0 Å². The van der Waals surface area contributed by atoms with E-state index in [0.29, 0.717) is 6.42 Å². The quantitative estimate of drug-likeness (QED) is 0.509. The van der Waals surface area contributed by atoms with Gasteiger partial charge in [0.1, 0.15) is 17.3 Å². The van der Waals surface area contributed by atoms with E-state index in [0.717, 1.165) is 53.8 Å². The van der Waals surface area contributed by atoms with Crippen molar-refractivity contribution in [2.75, 3.05) is 18.0 Å². The summed E-state index contributed by atoms with van der Waals surface area (Å²) in [6.07, 6.45) is 12.9. The fourth-order valence-corrected chi connectivity index (χ4v) is 4.03. The van der Waals surface area contributed by atoms with Crippen molar-refractivity contribution in [1.82, 2.24) is 24.3 Å². The number of hydrogen-bond acceptors (Lipinski definition) is 5. The normalized spacial score (nSPS) is 14.4. The predicted octanol–water partition coefficient (Wildman–Crippen LogP) is 4.00. The maximum atomic E-state index is 4.92. The SMILES string of the molecule is Cc1ccc(Cc2nc(Cc3ccn4ccnc4c3)cc(N3CCCCC3)n2)nc1. The summed E-state index contributed by atoms with van der Waals surface area (Å²) < 4.78 is 2.02. The number of piperidine rings is 1. The molecule has 30 heavy (non-hydrogen) atoms. The third-order valence-corrected chi connectivity index (χ3v) is 5.65. The average molecular weight is 399 g/mol. The standard InChI is InChI=1S/C24H26N6/c1-18-5-6-20(26-17-18)15-22-27-21(16-24(28-22)29-9-3-2-4-10-29)13-19-7-11-30-12-8-25-23(30)14-19/h5-8,11-12,14,16-17H,2-4,9-10,13,15H2,1H3. The first-order valence-corrected chi connectivity index (χ1v) is 10.7. The van der Waals surface area contributed by atoms with Crippen molar-refractivity contribution in [3.63, 3.8) is 0 Å². The molecule has 5 heterocycles. The van der Waals surface area contributed by atoms with Crippen LogP contribution in [0.25, 0.3) is 5.65 Å². The number of hydrogen-bond donors (Lipinski definition) is 0. The molecule has 5 rings (SSSR count). The van der Waals surface area contributed by atoms with Crippen molar-refractivity contribution in [3.8, 4) is 0 Å². The lowest BCUT2D eigenvalue weighted by Gasteiger charge is -2.28. The van der Waals surface area contributed by atoms with Gasteiger partial charge in [-0.3, -0.25) is 4.98 Å². The summed E-state index contributed by atoms with van der Waals surface area (Å²) in [5.74, 6) is 1.88. The molecule has 0 N–H and O–H groups in total. The Balaban J connectivity index is 1.46. The molecule has 4 aromatic heterocycles. The van der Waals surface area contributed by atoms with Gasteiger partial charge in [0.05, 0.1) is 12.1 Å². The first-order chi connectivity index (χ1) is 14.7. The van der Waals surface area contributed by atoms with Crippen LogP contribution in [0.5, 0.6) is 0 Å². The zero-order valence-corrected chi connectivity index (χ0v) is 17.3. The maximum absolute atomic E-state index is 4.92. The molecule has 6 heteroatoms. The van der Waals surface area contributed by atoms with E-state index in [1.807, 2.05) is 23.0 Å². The van der Waals surface area contributed by atoms with Crippen LogP contribution in [-0.2, 0) is 12.8 Å². The van der Waals surface area contributed by atoms with Gasteiger partial charge in [0.15, 0.2) is 0 Å². The number of nitrogens with zero attached hydrogens (tertiary/aromatic N) is 6. The number of anilines is 1. The van der Waals surface area contributed by atoms with Crippen molar-refractivity contribution in [2.45, 2.75) is 39.0 Å². The van der Waals surface area contributed by atoms with Gasteiger partial charge in [-0.2, -0.15) is 0 Å². The van der Waals surface area contributed by atoms with E-state index in [1.54, 1.807) is 0 Å². The summed E-state index contributed by atoms with van der Waals surface area (Å²) in [6.45, 7) is 4.19. The molecular formula is C24H26N6. The minimum atomic E-state index is 0.647. The number of imidazole rings is 1. The minimum absolute atomic E-state index is 0.647. The Hall–Kier alpha value is -3.28.